The molecule has 1 heterocycles. The van der Waals surface area contributed by atoms with Crippen LogP contribution in [0.5, 0.6) is 0 Å². The van der Waals surface area contributed by atoms with E-state index in [2.05, 4.69) is 44.9 Å². The average molecular weight is 438 g/mol. The maximum absolute atomic E-state index is 9.91. The molecule has 4 rings (SSSR count). The molecule has 0 radical (unpaired) electrons. The fourth-order valence-corrected chi connectivity index (χ4v) is 4.79. The van der Waals surface area contributed by atoms with E-state index in [-0.39, 0.29) is 6.10 Å². The van der Waals surface area contributed by atoms with Gasteiger partial charge in [-0.25, -0.2) is 0 Å². The summed E-state index contributed by atoms with van der Waals surface area (Å²) in [5.74, 6) is 0. The number of aryl methyl sites for hydroxylation is 1. The molecule has 1 saturated carbocycles. The third-order valence-corrected chi connectivity index (χ3v) is 6.80. The highest BCUT2D eigenvalue weighted by Gasteiger charge is 2.24. The number of fused-ring (bicyclic) bond motifs is 1. The fraction of sp³-hybridized carbons (Fsp3) is 0.348. The van der Waals surface area contributed by atoms with Crippen LogP contribution in [0.4, 0.5) is 5.69 Å². The zero-order valence-corrected chi connectivity index (χ0v) is 17.8. The van der Waals surface area contributed by atoms with Gasteiger partial charge in [-0.15, -0.1) is 0 Å². The predicted octanol–water partition coefficient (Wildman–Crippen LogP) is 5.62. The lowest BCUT2D eigenvalue weighted by molar-refractivity contribution is 0.111. The van der Waals surface area contributed by atoms with Gasteiger partial charge in [0, 0.05) is 38.9 Å². The molecule has 144 valence electrons. The molecule has 1 aliphatic carbocycles. The molecule has 1 aromatic heterocycles. The van der Waals surface area contributed by atoms with E-state index >= 15 is 0 Å². The number of aromatic nitrogens is 1. The number of rotatable bonds is 2. The van der Waals surface area contributed by atoms with E-state index < -0.39 is 0 Å². The Balaban J connectivity index is 1.96. The number of benzene rings is 2. The smallest absolute Gasteiger partial charge is 0.0994 e. The molecule has 0 spiro atoms. The van der Waals surface area contributed by atoms with Crippen LogP contribution in [-0.4, -0.2) is 15.8 Å². The van der Waals surface area contributed by atoms with E-state index in [9.17, 15) is 10.4 Å². The van der Waals surface area contributed by atoms with Crippen molar-refractivity contribution in [1.82, 2.24) is 4.57 Å². The van der Waals surface area contributed by atoms with Crippen molar-refractivity contribution in [2.75, 3.05) is 5.73 Å². The summed E-state index contributed by atoms with van der Waals surface area (Å²) in [6, 6.07) is 10.9. The molecule has 2 aromatic carbocycles. The number of nitrogens with zero attached hydrogens (tertiary/aromatic N) is 2. The van der Waals surface area contributed by atoms with Crippen LogP contribution in [0.3, 0.4) is 0 Å². The number of nitrogens with two attached hydrogens (primary N) is 1. The van der Waals surface area contributed by atoms with Crippen LogP contribution in [0.1, 0.15) is 48.4 Å². The number of hydrogen-bond donors (Lipinski definition) is 2. The minimum atomic E-state index is -0.182. The second-order valence-electron chi connectivity index (χ2n) is 7.84. The van der Waals surface area contributed by atoms with E-state index in [0.29, 0.717) is 11.6 Å². The monoisotopic (exact) mass is 437 g/mol. The third-order valence-electron chi connectivity index (χ3n) is 6.11. The Morgan fingerprint density at radius 1 is 1.14 bits per heavy atom. The summed E-state index contributed by atoms with van der Waals surface area (Å²) < 4.78 is 3.25. The van der Waals surface area contributed by atoms with Crippen molar-refractivity contribution in [2.45, 2.75) is 51.7 Å². The molecule has 0 bridgehead atoms. The lowest BCUT2D eigenvalue weighted by atomic mass is 9.93. The Morgan fingerprint density at radius 3 is 2.54 bits per heavy atom. The first-order chi connectivity index (χ1) is 13.4. The summed E-state index contributed by atoms with van der Waals surface area (Å²) in [5, 5.41) is 20.5. The van der Waals surface area contributed by atoms with Gasteiger partial charge in [-0.2, -0.15) is 5.26 Å². The van der Waals surface area contributed by atoms with Crippen molar-refractivity contribution < 1.29 is 5.11 Å². The van der Waals surface area contributed by atoms with E-state index in [0.717, 1.165) is 69.0 Å². The van der Waals surface area contributed by atoms with Crippen LogP contribution in [0, 0.1) is 25.2 Å². The summed E-state index contributed by atoms with van der Waals surface area (Å²) in [6.07, 6.45) is 5.62. The second-order valence-corrected chi connectivity index (χ2v) is 8.70. The van der Waals surface area contributed by atoms with Crippen LogP contribution in [0.25, 0.3) is 22.0 Å². The van der Waals surface area contributed by atoms with Crippen molar-refractivity contribution in [3.8, 4) is 17.2 Å². The Morgan fingerprint density at radius 2 is 1.86 bits per heavy atom. The van der Waals surface area contributed by atoms with Crippen molar-refractivity contribution >= 4 is 32.5 Å². The number of hydrogen-bond acceptors (Lipinski definition) is 3. The largest absolute Gasteiger partial charge is 0.398 e. The summed E-state index contributed by atoms with van der Waals surface area (Å²) in [6.45, 7) is 4.03. The second kappa shape index (κ2) is 7.27. The highest BCUT2D eigenvalue weighted by Crippen LogP contribution is 2.41. The van der Waals surface area contributed by atoms with Gasteiger partial charge in [0.2, 0.25) is 0 Å². The maximum atomic E-state index is 9.91. The number of aliphatic hydroxyl groups excluding tert-OH is 1. The van der Waals surface area contributed by atoms with Gasteiger partial charge in [0.15, 0.2) is 0 Å². The summed E-state index contributed by atoms with van der Waals surface area (Å²) in [7, 11) is 0. The van der Waals surface area contributed by atoms with Crippen LogP contribution in [0.15, 0.2) is 34.9 Å². The number of halogens is 1. The molecule has 0 aliphatic heterocycles. The zero-order valence-electron chi connectivity index (χ0n) is 16.2. The first-order valence-electron chi connectivity index (χ1n) is 9.69. The highest BCUT2D eigenvalue weighted by molar-refractivity contribution is 9.10. The van der Waals surface area contributed by atoms with E-state index in [1.165, 1.54) is 0 Å². The zero-order chi connectivity index (χ0) is 20.0. The van der Waals surface area contributed by atoms with Crippen LogP contribution < -0.4 is 5.73 Å². The minimum absolute atomic E-state index is 0.182. The van der Waals surface area contributed by atoms with E-state index in [1.54, 1.807) is 0 Å². The molecule has 0 unspecified atom stereocenters. The molecular formula is C23H24BrN3O. The standard InChI is InChI=1S/C23H24BrN3O/c1-13-9-22-19(10-15(13)11-25)20(18-7-8-21(24)23(26)14(18)2)12-27(22)16-3-5-17(28)6-4-16/h7-10,12,16-17,28H,3-6,26H2,1-2H3. The first-order valence-corrected chi connectivity index (χ1v) is 10.5. The molecule has 1 fully saturated rings. The van der Waals surface area contributed by atoms with Gasteiger partial charge >= 0.3 is 0 Å². The van der Waals surface area contributed by atoms with Crippen LogP contribution in [0.2, 0.25) is 0 Å². The van der Waals surface area contributed by atoms with Crippen LogP contribution >= 0.6 is 15.9 Å². The quantitative estimate of drug-likeness (QED) is 0.510. The molecule has 1 aliphatic rings. The number of aliphatic hydroxyl groups is 1. The Labute approximate surface area is 173 Å². The lowest BCUT2D eigenvalue weighted by Crippen LogP contribution is -2.20. The normalized spacial score (nSPS) is 19.7. The van der Waals surface area contributed by atoms with Gasteiger partial charge < -0.3 is 15.4 Å². The SMILES string of the molecule is Cc1cc2c(cc1C#N)c(-c1ccc(Br)c(N)c1C)cn2C1CCC(O)CC1. The molecule has 4 nitrogen and oxygen atoms in total. The number of nitriles is 1. The van der Waals surface area contributed by atoms with Gasteiger partial charge in [-0.05, 0) is 90.4 Å². The van der Waals surface area contributed by atoms with Gasteiger partial charge in [0.25, 0.3) is 0 Å². The van der Waals surface area contributed by atoms with Crippen molar-refractivity contribution in [3.63, 3.8) is 0 Å². The molecular weight excluding hydrogens is 414 g/mol. The van der Waals surface area contributed by atoms with Crippen molar-refractivity contribution in [1.29, 1.82) is 5.26 Å². The topological polar surface area (TPSA) is 75.0 Å². The fourth-order valence-electron chi connectivity index (χ4n) is 4.36. The predicted molar refractivity (Wildman–Crippen MR) is 117 cm³/mol. The molecule has 3 aromatic rings. The van der Waals surface area contributed by atoms with Crippen molar-refractivity contribution in [3.05, 3.63) is 51.6 Å². The van der Waals surface area contributed by atoms with Gasteiger partial charge in [0.1, 0.15) is 0 Å². The van der Waals surface area contributed by atoms with Gasteiger partial charge in [-0.1, -0.05) is 6.07 Å². The molecule has 0 amide bonds. The highest BCUT2D eigenvalue weighted by atomic mass is 79.9. The van der Waals surface area contributed by atoms with E-state index in [4.69, 9.17) is 5.73 Å². The third kappa shape index (κ3) is 3.11. The summed E-state index contributed by atoms with van der Waals surface area (Å²) in [5.41, 5.74) is 13.1. The minimum Gasteiger partial charge on any atom is -0.398 e. The summed E-state index contributed by atoms with van der Waals surface area (Å²) >= 11 is 3.51. The number of nitrogen functional groups attached to an aromatic ring is 1. The van der Waals surface area contributed by atoms with Crippen LogP contribution in [-0.2, 0) is 0 Å². The van der Waals surface area contributed by atoms with Crippen molar-refractivity contribution in [2.24, 2.45) is 0 Å². The lowest BCUT2D eigenvalue weighted by Gasteiger charge is -2.27. The average Bonchev–Trinajstić information content (AvgIpc) is 3.04. The molecule has 0 atom stereocenters. The first kappa shape index (κ1) is 19.0. The Kier molecular flexibility index (Phi) is 4.95. The Hall–Kier alpha value is -2.29. The van der Waals surface area contributed by atoms with Gasteiger partial charge in [0.05, 0.1) is 17.7 Å². The number of anilines is 1. The van der Waals surface area contributed by atoms with E-state index in [1.807, 2.05) is 26.0 Å². The van der Waals surface area contributed by atoms with Gasteiger partial charge in [-0.3, -0.25) is 0 Å². The maximum Gasteiger partial charge on any atom is 0.0994 e. The molecule has 5 heteroatoms. The molecule has 3 N–H and O–H groups in total. The Bertz CT molecular complexity index is 1100. The molecule has 28 heavy (non-hydrogen) atoms. The molecule has 0 saturated heterocycles. The summed E-state index contributed by atoms with van der Waals surface area (Å²) in [4.78, 5) is 0.